The molecule has 0 saturated heterocycles. The minimum atomic E-state index is -0.395. The van der Waals surface area contributed by atoms with Crippen LogP contribution >= 0.6 is 0 Å². The molecule has 0 atom stereocenters. The number of nitrogens with zero attached hydrogens (tertiary/aromatic N) is 1. The number of fused-ring (bicyclic) bond motifs is 1. The second-order valence-electron chi connectivity index (χ2n) is 4.50. The van der Waals surface area contributed by atoms with Crippen LogP contribution in [0.1, 0.15) is 5.56 Å². The van der Waals surface area contributed by atoms with Crippen LogP contribution in [-0.2, 0) is 6.42 Å². The highest BCUT2D eigenvalue weighted by Crippen LogP contribution is 2.12. The van der Waals surface area contributed by atoms with Gasteiger partial charge in [-0.15, -0.1) is 0 Å². The van der Waals surface area contributed by atoms with Crippen molar-refractivity contribution in [3.63, 3.8) is 0 Å². The molecule has 2 aromatic rings. The van der Waals surface area contributed by atoms with Crippen LogP contribution in [0.4, 0.5) is 0 Å². The first-order valence-corrected chi connectivity index (χ1v) is 6.14. The van der Waals surface area contributed by atoms with Gasteiger partial charge in [0.05, 0.1) is 5.52 Å². The summed E-state index contributed by atoms with van der Waals surface area (Å²) in [5.74, 6) is -0.395. The standard InChI is InChI=1S/C13H19N3O2/c1-14-6-8-16(2)7-5-10-3-4-12-11(9-10)15-13(17)18-12/h3-4,9,14H,5-8H2,1-2H3,(H,15,17). The summed E-state index contributed by atoms with van der Waals surface area (Å²) < 4.78 is 4.97. The zero-order chi connectivity index (χ0) is 13.0. The first kappa shape index (κ1) is 12.9. The lowest BCUT2D eigenvalue weighted by molar-refractivity contribution is 0.339. The monoisotopic (exact) mass is 249 g/mol. The summed E-state index contributed by atoms with van der Waals surface area (Å²) in [4.78, 5) is 16.0. The molecule has 0 amide bonds. The molecule has 5 nitrogen and oxygen atoms in total. The van der Waals surface area contributed by atoms with Crippen LogP contribution < -0.4 is 11.1 Å². The van der Waals surface area contributed by atoms with Gasteiger partial charge in [0.25, 0.3) is 0 Å². The van der Waals surface area contributed by atoms with Crippen LogP contribution in [0, 0.1) is 0 Å². The lowest BCUT2D eigenvalue weighted by Crippen LogP contribution is -2.29. The molecule has 5 heteroatoms. The Labute approximate surface area is 106 Å². The normalized spacial score (nSPS) is 11.5. The summed E-state index contributed by atoms with van der Waals surface area (Å²) in [6.45, 7) is 3.02. The lowest BCUT2D eigenvalue weighted by Gasteiger charge is -2.15. The Hall–Kier alpha value is -1.59. The molecule has 0 aliphatic carbocycles. The maximum Gasteiger partial charge on any atom is 0.417 e. The fourth-order valence-electron chi connectivity index (χ4n) is 1.89. The Bertz CT molecular complexity index is 559. The SMILES string of the molecule is CNCCN(C)CCc1ccc2oc(=O)[nH]c2c1. The summed E-state index contributed by atoms with van der Waals surface area (Å²) in [5.41, 5.74) is 2.60. The maximum absolute atomic E-state index is 11.0. The molecule has 1 aromatic heterocycles. The Morgan fingerprint density at radius 3 is 3.00 bits per heavy atom. The zero-order valence-corrected chi connectivity index (χ0v) is 10.8. The smallest absolute Gasteiger partial charge is 0.408 e. The van der Waals surface area contributed by atoms with Gasteiger partial charge < -0.3 is 14.6 Å². The Balaban J connectivity index is 1.97. The zero-order valence-electron chi connectivity index (χ0n) is 10.8. The van der Waals surface area contributed by atoms with E-state index in [0.29, 0.717) is 5.58 Å². The number of aromatic nitrogens is 1. The third-order valence-electron chi connectivity index (χ3n) is 3.01. The third-order valence-corrected chi connectivity index (χ3v) is 3.01. The fraction of sp³-hybridized carbons (Fsp3) is 0.462. The molecule has 0 unspecified atom stereocenters. The largest absolute Gasteiger partial charge is 0.417 e. The molecule has 1 heterocycles. The van der Waals surface area contributed by atoms with Crippen LogP contribution in [0.15, 0.2) is 27.4 Å². The molecular weight excluding hydrogens is 230 g/mol. The van der Waals surface area contributed by atoms with Crippen LogP contribution in [0.5, 0.6) is 0 Å². The van der Waals surface area contributed by atoms with Crippen molar-refractivity contribution >= 4 is 11.1 Å². The van der Waals surface area contributed by atoms with E-state index in [-0.39, 0.29) is 0 Å². The van der Waals surface area contributed by atoms with Crippen molar-refractivity contribution in [3.8, 4) is 0 Å². The van der Waals surface area contributed by atoms with Gasteiger partial charge in [0, 0.05) is 19.6 Å². The van der Waals surface area contributed by atoms with Gasteiger partial charge in [-0.25, -0.2) is 4.79 Å². The highest BCUT2D eigenvalue weighted by molar-refractivity contribution is 5.72. The summed E-state index contributed by atoms with van der Waals surface area (Å²) in [6, 6.07) is 5.83. The van der Waals surface area contributed by atoms with E-state index >= 15 is 0 Å². The summed E-state index contributed by atoms with van der Waals surface area (Å²) >= 11 is 0. The molecule has 0 radical (unpaired) electrons. The van der Waals surface area contributed by atoms with Crippen molar-refractivity contribution in [2.45, 2.75) is 6.42 Å². The molecule has 0 aliphatic rings. The number of aromatic amines is 1. The predicted molar refractivity (Wildman–Crippen MR) is 72.0 cm³/mol. The Morgan fingerprint density at radius 1 is 1.39 bits per heavy atom. The average Bonchev–Trinajstić information content (AvgIpc) is 2.73. The molecule has 0 spiro atoms. The van der Waals surface area contributed by atoms with Crippen LogP contribution in [0.25, 0.3) is 11.1 Å². The number of benzene rings is 1. The van der Waals surface area contributed by atoms with Crippen LogP contribution in [0.3, 0.4) is 0 Å². The van der Waals surface area contributed by atoms with Gasteiger partial charge in [0.1, 0.15) is 0 Å². The van der Waals surface area contributed by atoms with Crippen LogP contribution in [-0.4, -0.2) is 43.6 Å². The lowest BCUT2D eigenvalue weighted by atomic mass is 10.1. The maximum atomic E-state index is 11.0. The number of nitrogens with one attached hydrogen (secondary N) is 2. The van der Waals surface area contributed by atoms with E-state index in [9.17, 15) is 4.79 Å². The number of likely N-dealkylation sites (N-methyl/N-ethyl adjacent to an activating group) is 2. The van der Waals surface area contributed by atoms with Crippen molar-refractivity contribution in [1.29, 1.82) is 0 Å². The van der Waals surface area contributed by atoms with E-state index < -0.39 is 5.76 Å². The van der Waals surface area contributed by atoms with Crippen molar-refractivity contribution < 1.29 is 4.42 Å². The van der Waals surface area contributed by atoms with Gasteiger partial charge >= 0.3 is 5.76 Å². The Kier molecular flexibility index (Phi) is 4.17. The van der Waals surface area contributed by atoms with E-state index in [1.54, 1.807) is 0 Å². The van der Waals surface area contributed by atoms with E-state index in [0.717, 1.165) is 31.6 Å². The van der Waals surface area contributed by atoms with Crippen molar-refractivity contribution in [3.05, 3.63) is 34.3 Å². The van der Waals surface area contributed by atoms with Gasteiger partial charge in [0.2, 0.25) is 0 Å². The fourth-order valence-corrected chi connectivity index (χ4v) is 1.89. The minimum Gasteiger partial charge on any atom is -0.408 e. The third kappa shape index (κ3) is 3.21. The first-order valence-electron chi connectivity index (χ1n) is 6.14. The second kappa shape index (κ2) is 5.84. The number of hydrogen-bond donors (Lipinski definition) is 2. The van der Waals surface area contributed by atoms with Gasteiger partial charge in [-0.05, 0) is 38.2 Å². The minimum absolute atomic E-state index is 0.395. The second-order valence-corrected chi connectivity index (χ2v) is 4.50. The molecular formula is C13H19N3O2. The van der Waals surface area contributed by atoms with Crippen molar-refractivity contribution in [2.75, 3.05) is 33.7 Å². The molecule has 2 N–H and O–H groups in total. The van der Waals surface area contributed by atoms with Crippen LogP contribution in [0.2, 0.25) is 0 Å². The number of hydrogen-bond acceptors (Lipinski definition) is 4. The Morgan fingerprint density at radius 2 is 2.22 bits per heavy atom. The van der Waals surface area contributed by atoms with E-state index in [1.165, 1.54) is 5.56 Å². The van der Waals surface area contributed by atoms with Gasteiger partial charge in [-0.2, -0.15) is 0 Å². The molecule has 0 bridgehead atoms. The van der Waals surface area contributed by atoms with E-state index in [1.807, 2.05) is 25.2 Å². The highest BCUT2D eigenvalue weighted by Gasteiger charge is 2.03. The molecule has 98 valence electrons. The van der Waals surface area contributed by atoms with Gasteiger partial charge in [-0.1, -0.05) is 6.07 Å². The topological polar surface area (TPSA) is 61.3 Å². The first-order chi connectivity index (χ1) is 8.69. The average molecular weight is 249 g/mol. The van der Waals surface area contributed by atoms with Gasteiger partial charge in [-0.3, -0.25) is 4.98 Å². The van der Waals surface area contributed by atoms with Crippen molar-refractivity contribution in [1.82, 2.24) is 15.2 Å². The highest BCUT2D eigenvalue weighted by atomic mass is 16.4. The van der Waals surface area contributed by atoms with E-state index in [2.05, 4.69) is 22.2 Å². The van der Waals surface area contributed by atoms with Gasteiger partial charge in [0.15, 0.2) is 5.58 Å². The van der Waals surface area contributed by atoms with Crippen molar-refractivity contribution in [2.24, 2.45) is 0 Å². The molecule has 0 fully saturated rings. The molecule has 1 aromatic carbocycles. The molecule has 0 aliphatic heterocycles. The summed E-state index contributed by atoms with van der Waals surface area (Å²) in [6.07, 6.45) is 0.962. The molecule has 0 saturated carbocycles. The quantitative estimate of drug-likeness (QED) is 0.795. The number of rotatable bonds is 6. The summed E-state index contributed by atoms with van der Waals surface area (Å²) in [5, 5.41) is 3.13. The van der Waals surface area contributed by atoms with E-state index in [4.69, 9.17) is 4.42 Å². The number of H-pyrrole nitrogens is 1. The molecule has 2 rings (SSSR count). The number of oxazole rings is 1. The summed E-state index contributed by atoms with van der Waals surface area (Å²) in [7, 11) is 4.06. The molecule has 18 heavy (non-hydrogen) atoms. The predicted octanol–water partition coefficient (Wildman–Crippen LogP) is 0.815.